The summed E-state index contributed by atoms with van der Waals surface area (Å²) in [5.74, 6) is -1.07. The summed E-state index contributed by atoms with van der Waals surface area (Å²) in [5.41, 5.74) is -2.57. The van der Waals surface area contributed by atoms with Crippen LogP contribution in [0.3, 0.4) is 0 Å². The molecule has 0 aliphatic heterocycles. The number of rotatable bonds is 4. The van der Waals surface area contributed by atoms with Crippen LogP contribution in [0.25, 0.3) is 0 Å². The van der Waals surface area contributed by atoms with Gasteiger partial charge in [-0.05, 0) is 0 Å². The second kappa shape index (κ2) is 4.61. The predicted octanol–water partition coefficient (Wildman–Crippen LogP) is 1.01. The Labute approximate surface area is 97.9 Å². The largest absolute Gasteiger partial charge is 0.497 e. The SMILES string of the molecule is O=[N+]([O-])c1cc([N+](=O)[O-])c(O)c([N+](=O)O[S-])c1. The maximum Gasteiger partial charge on any atom is 0.370 e. The lowest BCUT2D eigenvalue weighted by Gasteiger charge is -1.99. The smallest absolute Gasteiger partial charge is 0.370 e. The van der Waals surface area contributed by atoms with Gasteiger partial charge in [-0.15, -0.1) is 0 Å². The minimum Gasteiger partial charge on any atom is -0.497 e. The van der Waals surface area contributed by atoms with E-state index < -0.39 is 37.6 Å². The van der Waals surface area contributed by atoms with Gasteiger partial charge in [0.15, 0.2) is 0 Å². The van der Waals surface area contributed by atoms with E-state index >= 15 is 0 Å². The summed E-state index contributed by atoms with van der Waals surface area (Å²) in [7, 11) is 0. The molecule has 1 aromatic rings. The Hall–Kier alpha value is -2.43. The van der Waals surface area contributed by atoms with E-state index in [0.717, 1.165) is 0 Å². The van der Waals surface area contributed by atoms with Gasteiger partial charge in [-0.25, -0.2) is 0 Å². The first kappa shape index (κ1) is 12.6. The summed E-state index contributed by atoms with van der Waals surface area (Å²) in [4.78, 5) is 29.4. The number of phenols is 1. The van der Waals surface area contributed by atoms with Crippen LogP contribution in [0.5, 0.6) is 5.75 Å². The van der Waals surface area contributed by atoms with E-state index in [4.69, 9.17) is 0 Å². The summed E-state index contributed by atoms with van der Waals surface area (Å²) in [6.45, 7) is 0. The first-order chi connectivity index (χ1) is 7.88. The van der Waals surface area contributed by atoms with Crippen molar-refractivity contribution in [2.75, 3.05) is 0 Å². The highest BCUT2D eigenvalue weighted by Gasteiger charge is 2.32. The number of aromatic hydroxyl groups is 1. The third-order valence-corrected chi connectivity index (χ3v) is 1.86. The summed E-state index contributed by atoms with van der Waals surface area (Å²) < 4.78 is 3.74. The number of nitrogens with zero attached hydrogens (tertiary/aromatic N) is 3. The Bertz CT molecular complexity index is 517. The first-order valence-electron chi connectivity index (χ1n) is 3.81. The van der Waals surface area contributed by atoms with Crippen LogP contribution in [0.15, 0.2) is 12.1 Å². The molecule has 0 spiro atoms. The number of nitro benzene ring substituents is 2. The van der Waals surface area contributed by atoms with E-state index in [9.17, 15) is 30.2 Å². The molecule has 0 radical (unpaired) electrons. The van der Waals surface area contributed by atoms with E-state index in [1.807, 2.05) is 0 Å². The van der Waals surface area contributed by atoms with Gasteiger partial charge in [0.05, 0.1) is 20.8 Å². The van der Waals surface area contributed by atoms with E-state index in [1.165, 1.54) is 0 Å². The lowest BCUT2D eigenvalue weighted by molar-refractivity contribution is -0.694. The number of hydrogen-bond donors (Lipinski definition) is 1. The number of non-ortho nitro benzene ring substituents is 1. The van der Waals surface area contributed by atoms with Crippen molar-refractivity contribution in [3.8, 4) is 5.75 Å². The maximum absolute atomic E-state index is 11.0. The second-order valence-electron chi connectivity index (χ2n) is 2.68. The van der Waals surface area contributed by atoms with Gasteiger partial charge >= 0.3 is 11.4 Å². The normalized spacial score (nSPS) is 9.71. The van der Waals surface area contributed by atoms with Crippen molar-refractivity contribution in [3.63, 3.8) is 0 Å². The first-order valence-corrected chi connectivity index (χ1v) is 4.14. The second-order valence-corrected chi connectivity index (χ2v) is 2.83. The molecule has 0 bridgehead atoms. The topological polar surface area (TPSA) is 136 Å². The van der Waals surface area contributed by atoms with Gasteiger partial charge in [0.2, 0.25) is 4.92 Å². The van der Waals surface area contributed by atoms with Crippen molar-refractivity contribution < 1.29 is 24.2 Å². The molecule has 0 saturated heterocycles. The van der Waals surface area contributed by atoms with Crippen LogP contribution in [0.2, 0.25) is 0 Å². The quantitative estimate of drug-likeness (QED) is 0.481. The van der Waals surface area contributed by atoms with E-state index in [0.29, 0.717) is 12.1 Å². The van der Waals surface area contributed by atoms with Crippen molar-refractivity contribution in [1.82, 2.24) is 0 Å². The third kappa shape index (κ3) is 2.39. The van der Waals surface area contributed by atoms with Gasteiger partial charge in [0.25, 0.3) is 11.4 Å². The number of benzene rings is 1. The van der Waals surface area contributed by atoms with Gasteiger partial charge in [-0.3, -0.25) is 20.2 Å². The lowest BCUT2D eigenvalue weighted by atomic mass is 10.2. The van der Waals surface area contributed by atoms with Gasteiger partial charge in [-0.2, -0.15) is 0 Å². The molecular formula is C6H3N3O7S. The standard InChI is InChI=1S/C6H3N3O7S/c10-6-4(8(13)14)1-3(7(11)12)2-5(6)9(15)16-17/h1-2H,(H-,10,17). The van der Waals surface area contributed by atoms with Crippen LogP contribution < -0.4 is 0 Å². The molecule has 17 heavy (non-hydrogen) atoms. The van der Waals surface area contributed by atoms with Crippen LogP contribution in [0.1, 0.15) is 0 Å². The van der Waals surface area contributed by atoms with Crippen LogP contribution in [0.4, 0.5) is 17.1 Å². The van der Waals surface area contributed by atoms with E-state index in [-0.39, 0.29) is 0 Å². The molecule has 0 aliphatic rings. The molecule has 1 N–H and O–H groups in total. The fraction of sp³-hybridized carbons (Fsp3) is 0. The minimum absolute atomic E-state index is 0.454. The molecule has 0 heterocycles. The number of phenolic OH excluding ortho intramolecular Hbond substituents is 1. The van der Waals surface area contributed by atoms with Crippen LogP contribution in [-0.2, 0) is 17.2 Å². The molecule has 0 unspecified atom stereocenters. The molecule has 10 nitrogen and oxygen atoms in total. The minimum atomic E-state index is -1.08. The molecule has 1 aromatic carbocycles. The van der Waals surface area contributed by atoms with Crippen molar-refractivity contribution in [2.45, 2.75) is 0 Å². The van der Waals surface area contributed by atoms with Crippen molar-refractivity contribution >= 4 is 30.0 Å². The van der Waals surface area contributed by atoms with Crippen LogP contribution in [-0.4, -0.2) is 19.9 Å². The average Bonchev–Trinajstić information content (AvgIpc) is 2.27. The fourth-order valence-corrected chi connectivity index (χ4v) is 1.09. The molecule has 0 amide bonds. The summed E-state index contributed by atoms with van der Waals surface area (Å²) in [5, 5.41) is 30.3. The Morgan fingerprint density at radius 3 is 2.06 bits per heavy atom. The highest BCUT2D eigenvalue weighted by molar-refractivity contribution is 7.52. The molecule has 0 fully saturated rings. The van der Waals surface area contributed by atoms with Crippen molar-refractivity contribution in [2.24, 2.45) is 0 Å². The zero-order chi connectivity index (χ0) is 13.2. The molecule has 11 heteroatoms. The molecule has 90 valence electrons. The van der Waals surface area contributed by atoms with Gasteiger partial charge in [0, 0.05) is 0 Å². The zero-order valence-corrected chi connectivity index (χ0v) is 8.62. The fourth-order valence-electron chi connectivity index (χ4n) is 1.01. The van der Waals surface area contributed by atoms with Gasteiger partial charge in [-0.1, -0.05) is 0 Å². The van der Waals surface area contributed by atoms with Crippen LogP contribution in [0, 0.1) is 25.1 Å². The maximum atomic E-state index is 11.0. The molecule has 0 aliphatic carbocycles. The Morgan fingerprint density at radius 1 is 1.12 bits per heavy atom. The van der Waals surface area contributed by atoms with Gasteiger partial charge < -0.3 is 22.3 Å². The van der Waals surface area contributed by atoms with Crippen molar-refractivity contribution in [3.05, 3.63) is 37.3 Å². The number of hydrogen-bond acceptors (Lipinski definition) is 8. The molecule has 0 atom stereocenters. The lowest BCUT2D eigenvalue weighted by Crippen LogP contribution is -2.01. The average molecular weight is 261 g/mol. The highest BCUT2D eigenvalue weighted by Crippen LogP contribution is 2.39. The Balaban J connectivity index is 3.54. The number of nitro groups is 2. The molecule has 0 saturated carbocycles. The third-order valence-electron chi connectivity index (χ3n) is 1.73. The molecule has 1 rings (SSSR count). The monoisotopic (exact) mass is 261 g/mol. The molecule has 0 aromatic heterocycles. The van der Waals surface area contributed by atoms with Crippen molar-refractivity contribution in [1.29, 1.82) is 0 Å². The van der Waals surface area contributed by atoms with E-state index in [2.05, 4.69) is 17.2 Å². The van der Waals surface area contributed by atoms with Gasteiger partial charge in [0.1, 0.15) is 6.07 Å². The molecular weight excluding hydrogens is 258 g/mol. The zero-order valence-electron chi connectivity index (χ0n) is 7.80. The van der Waals surface area contributed by atoms with Crippen LogP contribution >= 0.6 is 0 Å². The summed E-state index contributed by atoms with van der Waals surface area (Å²) >= 11 is 3.90. The highest BCUT2D eigenvalue weighted by atomic mass is 32.1. The van der Waals surface area contributed by atoms with E-state index in [1.54, 1.807) is 0 Å². The summed E-state index contributed by atoms with van der Waals surface area (Å²) in [6, 6.07) is 1.11. The Kier molecular flexibility index (Phi) is 3.43. The summed E-state index contributed by atoms with van der Waals surface area (Å²) in [6.07, 6.45) is 0. The Morgan fingerprint density at radius 2 is 1.65 bits per heavy atom. The predicted molar refractivity (Wildman–Crippen MR) is 53.2 cm³/mol.